The predicted octanol–water partition coefficient (Wildman–Crippen LogP) is 1.32. The Hall–Kier alpha value is 0.300. The summed E-state index contributed by atoms with van der Waals surface area (Å²) in [5, 5.41) is 0.186. The van der Waals surface area contributed by atoms with Gasteiger partial charge < -0.3 is 0 Å². The first-order valence-corrected chi connectivity index (χ1v) is 6.62. The Morgan fingerprint density at radius 1 is 1.55 bits per heavy atom. The van der Waals surface area contributed by atoms with Crippen molar-refractivity contribution in [3.63, 3.8) is 0 Å². The molecule has 0 saturated carbocycles. The van der Waals surface area contributed by atoms with Crippen molar-refractivity contribution in [3.05, 3.63) is 0 Å². The van der Waals surface area contributed by atoms with Gasteiger partial charge in [-0.05, 0) is 26.0 Å². The lowest BCUT2D eigenvalue weighted by Gasteiger charge is -2.25. The fraction of sp³-hybridized carbons (Fsp3) is 1.00. The van der Waals surface area contributed by atoms with Crippen LogP contribution in [0.2, 0.25) is 0 Å². The van der Waals surface area contributed by atoms with Crippen molar-refractivity contribution in [3.8, 4) is 0 Å². The van der Waals surface area contributed by atoms with Gasteiger partial charge in [0.15, 0.2) is 9.84 Å². The standard InChI is InChI=1S/C7H14O2S2/c1-6(2)11(8,9)5-7-3-4-10-7/h6-7H,3-5H2,1-2H3. The zero-order chi connectivity index (χ0) is 8.48. The van der Waals surface area contributed by atoms with Crippen LogP contribution in [0.1, 0.15) is 20.3 Å². The van der Waals surface area contributed by atoms with E-state index >= 15 is 0 Å². The van der Waals surface area contributed by atoms with Gasteiger partial charge >= 0.3 is 0 Å². The average molecular weight is 194 g/mol. The molecule has 0 N–H and O–H groups in total. The zero-order valence-electron chi connectivity index (χ0n) is 6.91. The highest BCUT2D eigenvalue weighted by atomic mass is 32.2. The minimum Gasteiger partial charge on any atom is -0.229 e. The van der Waals surface area contributed by atoms with Gasteiger partial charge in [-0.1, -0.05) is 0 Å². The van der Waals surface area contributed by atoms with Gasteiger partial charge in [-0.3, -0.25) is 0 Å². The van der Waals surface area contributed by atoms with Gasteiger partial charge in [0.05, 0.1) is 11.0 Å². The number of thioether (sulfide) groups is 1. The fourth-order valence-electron chi connectivity index (χ4n) is 0.868. The van der Waals surface area contributed by atoms with Crippen molar-refractivity contribution in [1.29, 1.82) is 0 Å². The van der Waals surface area contributed by atoms with Crippen LogP contribution in [0.4, 0.5) is 0 Å². The molecule has 11 heavy (non-hydrogen) atoms. The van der Waals surface area contributed by atoms with E-state index < -0.39 is 9.84 Å². The van der Waals surface area contributed by atoms with Crippen LogP contribution in [0.25, 0.3) is 0 Å². The van der Waals surface area contributed by atoms with Crippen molar-refractivity contribution in [2.24, 2.45) is 0 Å². The SMILES string of the molecule is CC(C)S(=O)(=O)CC1CCS1. The van der Waals surface area contributed by atoms with Gasteiger partial charge in [0, 0.05) is 5.25 Å². The van der Waals surface area contributed by atoms with Crippen molar-refractivity contribution in [2.75, 3.05) is 11.5 Å². The van der Waals surface area contributed by atoms with E-state index in [1.165, 1.54) is 0 Å². The molecule has 1 aliphatic heterocycles. The summed E-state index contributed by atoms with van der Waals surface area (Å²) in [5.41, 5.74) is 0. The Balaban J connectivity index is 2.46. The van der Waals surface area contributed by atoms with E-state index in [-0.39, 0.29) is 5.25 Å². The van der Waals surface area contributed by atoms with Crippen LogP contribution in [0.15, 0.2) is 0 Å². The Labute approximate surface area is 72.7 Å². The Morgan fingerprint density at radius 3 is 2.36 bits per heavy atom. The smallest absolute Gasteiger partial charge is 0.153 e. The molecule has 1 atom stereocenters. The van der Waals surface area contributed by atoms with Gasteiger partial charge in [0.1, 0.15) is 0 Å². The van der Waals surface area contributed by atoms with Crippen molar-refractivity contribution < 1.29 is 8.42 Å². The van der Waals surface area contributed by atoms with Crippen LogP contribution < -0.4 is 0 Å². The second-order valence-electron chi connectivity index (χ2n) is 3.16. The third kappa shape index (κ3) is 2.37. The molecule has 1 aliphatic rings. The lowest BCUT2D eigenvalue weighted by molar-refractivity contribution is 0.584. The fourth-order valence-corrected chi connectivity index (χ4v) is 3.46. The van der Waals surface area contributed by atoms with E-state index in [4.69, 9.17) is 0 Å². The topological polar surface area (TPSA) is 34.1 Å². The predicted molar refractivity (Wildman–Crippen MR) is 49.8 cm³/mol. The number of sulfone groups is 1. The molecule has 0 aromatic heterocycles. The Bertz CT molecular complexity index is 215. The molecule has 0 radical (unpaired) electrons. The molecule has 1 unspecified atom stereocenters. The van der Waals surface area contributed by atoms with Crippen LogP contribution in [-0.4, -0.2) is 30.4 Å². The van der Waals surface area contributed by atoms with E-state index in [2.05, 4.69) is 0 Å². The van der Waals surface area contributed by atoms with Gasteiger partial charge in [0.25, 0.3) is 0 Å². The number of hydrogen-bond donors (Lipinski definition) is 0. The van der Waals surface area contributed by atoms with Gasteiger partial charge in [-0.2, -0.15) is 11.8 Å². The molecular formula is C7H14O2S2. The average Bonchev–Trinajstić information content (AvgIpc) is 1.79. The van der Waals surface area contributed by atoms with E-state index in [9.17, 15) is 8.42 Å². The van der Waals surface area contributed by atoms with E-state index in [1.54, 1.807) is 25.6 Å². The monoisotopic (exact) mass is 194 g/mol. The third-order valence-corrected chi connectivity index (χ3v) is 5.79. The van der Waals surface area contributed by atoms with Crippen LogP contribution in [0, 0.1) is 0 Å². The van der Waals surface area contributed by atoms with Crippen LogP contribution in [-0.2, 0) is 9.84 Å². The molecule has 1 heterocycles. The first-order chi connectivity index (χ1) is 5.02. The van der Waals surface area contributed by atoms with Crippen LogP contribution in [0.3, 0.4) is 0 Å². The molecule has 66 valence electrons. The highest BCUT2D eigenvalue weighted by Crippen LogP contribution is 2.29. The molecule has 0 aromatic carbocycles. The summed E-state index contributed by atoms with van der Waals surface area (Å²) in [6.45, 7) is 3.50. The molecule has 0 bridgehead atoms. The summed E-state index contributed by atoms with van der Waals surface area (Å²) in [6.07, 6.45) is 1.08. The highest BCUT2D eigenvalue weighted by Gasteiger charge is 2.26. The first-order valence-electron chi connectivity index (χ1n) is 3.85. The zero-order valence-corrected chi connectivity index (χ0v) is 8.54. The maximum Gasteiger partial charge on any atom is 0.153 e. The molecular weight excluding hydrogens is 180 g/mol. The van der Waals surface area contributed by atoms with Gasteiger partial charge in [-0.25, -0.2) is 8.42 Å². The first kappa shape index (κ1) is 9.39. The summed E-state index contributed by atoms with van der Waals surface area (Å²) in [5.74, 6) is 1.52. The minimum absolute atomic E-state index is 0.205. The van der Waals surface area contributed by atoms with E-state index in [0.717, 1.165) is 12.2 Å². The lowest BCUT2D eigenvalue weighted by Crippen LogP contribution is -2.29. The summed E-state index contributed by atoms with van der Waals surface area (Å²) < 4.78 is 22.6. The molecule has 0 spiro atoms. The second kappa shape index (κ2) is 3.35. The summed E-state index contributed by atoms with van der Waals surface area (Å²) in [7, 11) is -2.78. The quantitative estimate of drug-likeness (QED) is 0.679. The molecule has 0 amide bonds. The van der Waals surface area contributed by atoms with Crippen LogP contribution in [0.5, 0.6) is 0 Å². The van der Waals surface area contributed by atoms with Gasteiger partial charge in [-0.15, -0.1) is 0 Å². The molecule has 1 fully saturated rings. The molecule has 2 nitrogen and oxygen atoms in total. The van der Waals surface area contributed by atoms with Crippen LogP contribution >= 0.6 is 11.8 Å². The van der Waals surface area contributed by atoms with Gasteiger partial charge in [0.2, 0.25) is 0 Å². The lowest BCUT2D eigenvalue weighted by atomic mass is 10.3. The number of hydrogen-bond acceptors (Lipinski definition) is 3. The Morgan fingerprint density at radius 2 is 2.09 bits per heavy atom. The van der Waals surface area contributed by atoms with Crippen molar-refractivity contribution >= 4 is 21.6 Å². The summed E-state index contributed by atoms with van der Waals surface area (Å²) in [4.78, 5) is 0. The molecule has 1 rings (SSSR count). The maximum absolute atomic E-state index is 11.3. The number of rotatable bonds is 3. The highest BCUT2D eigenvalue weighted by molar-refractivity contribution is 8.02. The van der Waals surface area contributed by atoms with E-state index in [0.29, 0.717) is 11.0 Å². The third-order valence-electron chi connectivity index (χ3n) is 1.93. The normalized spacial score (nSPS) is 25.2. The Kier molecular flexibility index (Phi) is 2.86. The molecule has 0 aliphatic carbocycles. The van der Waals surface area contributed by atoms with Crippen molar-refractivity contribution in [2.45, 2.75) is 30.8 Å². The molecule has 4 heteroatoms. The molecule has 0 aromatic rings. The minimum atomic E-state index is -2.78. The maximum atomic E-state index is 11.3. The second-order valence-corrected chi connectivity index (χ2v) is 7.17. The summed E-state index contributed by atoms with van der Waals surface area (Å²) >= 11 is 1.77. The van der Waals surface area contributed by atoms with E-state index in [1.807, 2.05) is 0 Å². The largest absolute Gasteiger partial charge is 0.229 e. The summed E-state index contributed by atoms with van der Waals surface area (Å²) in [6, 6.07) is 0. The molecule has 1 saturated heterocycles. The van der Waals surface area contributed by atoms with Crippen molar-refractivity contribution in [1.82, 2.24) is 0 Å².